The average molecular weight is 508 g/mol. The Morgan fingerprint density at radius 3 is 2.44 bits per heavy atom. The van der Waals surface area contributed by atoms with Gasteiger partial charge in [0.1, 0.15) is 16.5 Å². The van der Waals surface area contributed by atoms with Crippen molar-refractivity contribution in [1.29, 1.82) is 0 Å². The van der Waals surface area contributed by atoms with Gasteiger partial charge in [0.15, 0.2) is 0 Å². The number of carboxylic acids is 1. The predicted molar refractivity (Wildman–Crippen MR) is 129 cm³/mol. The second kappa shape index (κ2) is 8.34. The van der Waals surface area contributed by atoms with E-state index < -0.39 is 11.5 Å². The van der Waals surface area contributed by atoms with Gasteiger partial charge in [-0.1, -0.05) is 23.2 Å². The number of halogens is 2. The maximum atomic E-state index is 13.5. The Bertz CT molecular complexity index is 1200. The van der Waals surface area contributed by atoms with Gasteiger partial charge >= 0.3 is 5.97 Å². The monoisotopic (exact) mass is 507 g/mol. The first-order chi connectivity index (χ1) is 16.2. The van der Waals surface area contributed by atoms with E-state index in [2.05, 4.69) is 10.4 Å². The molecule has 0 amide bonds. The van der Waals surface area contributed by atoms with Crippen molar-refractivity contribution < 1.29 is 19.4 Å². The molecule has 1 aromatic heterocycles. The van der Waals surface area contributed by atoms with Gasteiger partial charge in [-0.15, -0.1) is 0 Å². The Labute approximate surface area is 207 Å². The van der Waals surface area contributed by atoms with Crippen LogP contribution in [0, 0.1) is 17.3 Å². The second-order valence-corrected chi connectivity index (χ2v) is 10.9. The van der Waals surface area contributed by atoms with E-state index in [0.717, 1.165) is 32.1 Å². The van der Waals surface area contributed by atoms with Crippen molar-refractivity contribution in [2.75, 3.05) is 19.5 Å². The molecule has 1 heterocycles. The van der Waals surface area contributed by atoms with E-state index in [4.69, 9.17) is 32.7 Å². The third-order valence-corrected chi connectivity index (χ3v) is 8.45. The molecule has 0 radical (unpaired) electrons. The Kier molecular flexibility index (Phi) is 5.72. The Hall–Kier alpha value is -2.45. The summed E-state index contributed by atoms with van der Waals surface area (Å²) < 4.78 is 12.2. The van der Waals surface area contributed by atoms with Gasteiger partial charge < -0.3 is 19.9 Å². The van der Waals surface area contributed by atoms with Gasteiger partial charge in [0.25, 0.3) is 5.56 Å². The topological polar surface area (TPSA) is 103 Å². The molecule has 182 valence electrons. The SMILES string of the molecule is COc1cc(OC)c(Nc2cnn(C34C[C@H]5C[C@@H](CC(CC(=O)O)(C5)C3)C4)c(=O)c2Cl)cc1Cl. The van der Waals surface area contributed by atoms with E-state index in [1.165, 1.54) is 18.9 Å². The molecule has 4 aliphatic carbocycles. The summed E-state index contributed by atoms with van der Waals surface area (Å²) in [7, 11) is 3.03. The molecule has 4 bridgehead atoms. The largest absolute Gasteiger partial charge is 0.495 e. The smallest absolute Gasteiger partial charge is 0.303 e. The number of hydrogen-bond donors (Lipinski definition) is 2. The van der Waals surface area contributed by atoms with Gasteiger partial charge in [0, 0.05) is 6.07 Å². The lowest BCUT2D eigenvalue weighted by atomic mass is 9.46. The number of carbonyl (C=O) groups is 1. The number of anilines is 2. The van der Waals surface area contributed by atoms with Crippen LogP contribution in [0.1, 0.15) is 44.9 Å². The molecular formula is C24H27Cl2N3O5. The zero-order valence-electron chi connectivity index (χ0n) is 19.1. The summed E-state index contributed by atoms with van der Waals surface area (Å²) in [5.74, 6) is 0.981. The van der Waals surface area contributed by atoms with Crippen LogP contribution in [0.2, 0.25) is 10.0 Å². The van der Waals surface area contributed by atoms with E-state index >= 15 is 0 Å². The summed E-state index contributed by atoms with van der Waals surface area (Å²) in [6.07, 6.45) is 6.94. The summed E-state index contributed by atoms with van der Waals surface area (Å²) >= 11 is 12.8. The molecule has 34 heavy (non-hydrogen) atoms. The summed E-state index contributed by atoms with van der Waals surface area (Å²) in [5.41, 5.74) is -0.275. The Balaban J connectivity index is 1.50. The minimum Gasteiger partial charge on any atom is -0.495 e. The lowest BCUT2D eigenvalue weighted by Crippen LogP contribution is -2.59. The van der Waals surface area contributed by atoms with Crippen molar-refractivity contribution in [1.82, 2.24) is 9.78 Å². The molecule has 4 fully saturated rings. The highest BCUT2D eigenvalue weighted by Gasteiger charge is 2.59. The third-order valence-electron chi connectivity index (χ3n) is 7.79. The maximum absolute atomic E-state index is 13.5. The first-order valence-corrected chi connectivity index (χ1v) is 12.1. The molecule has 2 atom stereocenters. The lowest BCUT2D eigenvalue weighted by Gasteiger charge is -2.61. The number of aliphatic carboxylic acids is 1. The highest BCUT2D eigenvalue weighted by atomic mass is 35.5. The molecule has 0 unspecified atom stereocenters. The van der Waals surface area contributed by atoms with Crippen molar-refractivity contribution in [2.45, 2.75) is 50.5 Å². The summed E-state index contributed by atoms with van der Waals surface area (Å²) in [5, 5.41) is 17.6. The molecule has 2 N–H and O–H groups in total. The number of nitrogens with one attached hydrogen (secondary N) is 1. The molecule has 0 spiro atoms. The average Bonchev–Trinajstić information content (AvgIpc) is 2.75. The quantitative estimate of drug-likeness (QED) is 0.538. The molecule has 1 aromatic carbocycles. The molecule has 4 saturated carbocycles. The fraction of sp³-hybridized carbons (Fsp3) is 0.542. The van der Waals surface area contributed by atoms with Gasteiger partial charge in [-0.2, -0.15) is 5.10 Å². The second-order valence-electron chi connectivity index (χ2n) is 10.2. The van der Waals surface area contributed by atoms with Gasteiger partial charge in [-0.25, -0.2) is 4.68 Å². The zero-order valence-corrected chi connectivity index (χ0v) is 20.6. The van der Waals surface area contributed by atoms with Crippen molar-refractivity contribution in [3.63, 3.8) is 0 Å². The van der Waals surface area contributed by atoms with Crippen LogP contribution in [0.4, 0.5) is 11.4 Å². The number of benzene rings is 1. The van der Waals surface area contributed by atoms with Crippen LogP contribution in [-0.4, -0.2) is 35.1 Å². The van der Waals surface area contributed by atoms with Gasteiger partial charge in [-0.3, -0.25) is 9.59 Å². The van der Waals surface area contributed by atoms with Crippen LogP contribution in [0.5, 0.6) is 11.5 Å². The lowest BCUT2D eigenvalue weighted by molar-refractivity contribution is -0.151. The Morgan fingerprint density at radius 1 is 1.15 bits per heavy atom. The highest BCUT2D eigenvalue weighted by molar-refractivity contribution is 6.33. The Morgan fingerprint density at radius 2 is 1.82 bits per heavy atom. The normalized spacial score (nSPS) is 29.2. The summed E-state index contributed by atoms with van der Waals surface area (Å²) in [4.78, 5) is 25.1. The number of methoxy groups -OCH3 is 2. The van der Waals surface area contributed by atoms with Gasteiger partial charge in [-0.05, 0) is 61.8 Å². The van der Waals surface area contributed by atoms with Crippen LogP contribution in [0.15, 0.2) is 23.1 Å². The molecule has 4 aliphatic rings. The maximum Gasteiger partial charge on any atom is 0.303 e. The van der Waals surface area contributed by atoms with Crippen molar-refractivity contribution in [2.24, 2.45) is 17.3 Å². The van der Waals surface area contributed by atoms with Crippen LogP contribution in [-0.2, 0) is 10.3 Å². The molecule has 0 saturated heterocycles. The van der Waals surface area contributed by atoms with Crippen molar-refractivity contribution >= 4 is 40.5 Å². The molecule has 10 heteroatoms. The van der Waals surface area contributed by atoms with Crippen molar-refractivity contribution in [3.05, 3.63) is 38.7 Å². The zero-order chi connectivity index (χ0) is 24.3. The molecular weight excluding hydrogens is 481 g/mol. The van der Waals surface area contributed by atoms with Gasteiger partial charge in [0.2, 0.25) is 0 Å². The fourth-order valence-electron chi connectivity index (χ4n) is 7.14. The number of aromatic nitrogens is 2. The van der Waals surface area contributed by atoms with E-state index in [9.17, 15) is 14.7 Å². The summed E-state index contributed by atoms with van der Waals surface area (Å²) in [6.45, 7) is 0. The highest BCUT2D eigenvalue weighted by Crippen LogP contribution is 2.65. The van der Waals surface area contributed by atoms with Crippen LogP contribution < -0.4 is 20.3 Å². The minimum absolute atomic E-state index is 0.0204. The molecule has 2 aromatic rings. The van der Waals surface area contributed by atoms with Crippen LogP contribution in [0.3, 0.4) is 0 Å². The van der Waals surface area contributed by atoms with Gasteiger partial charge in [0.05, 0.1) is 48.8 Å². The number of rotatable bonds is 7. The molecule has 0 aliphatic heterocycles. The summed E-state index contributed by atoms with van der Waals surface area (Å²) in [6, 6.07) is 3.28. The minimum atomic E-state index is -0.776. The number of ether oxygens (including phenoxy) is 2. The standard InChI is InChI=1S/C24H27Cl2N3O5/c1-33-18-5-19(34-2)16(4-15(18)25)28-17-11-27-29(22(32)21(17)26)24-8-13-3-14(9-24)7-23(6-13,12-24)10-20(30)31/h4-5,11,13-14,28H,3,6-10,12H2,1-2H3,(H,30,31)/t13-,14-,23?,24?/m0/s1. The fourth-order valence-corrected chi connectivity index (χ4v) is 7.55. The van der Waals surface area contributed by atoms with E-state index in [1.807, 2.05) is 0 Å². The van der Waals surface area contributed by atoms with E-state index in [0.29, 0.717) is 46.2 Å². The number of nitrogens with zero attached hydrogens (tertiary/aromatic N) is 2. The molecule has 6 rings (SSSR count). The molecule has 8 nitrogen and oxygen atoms in total. The van der Waals surface area contributed by atoms with Crippen LogP contribution in [0.25, 0.3) is 0 Å². The third kappa shape index (κ3) is 3.81. The van der Waals surface area contributed by atoms with E-state index in [-0.39, 0.29) is 22.4 Å². The number of hydrogen-bond acceptors (Lipinski definition) is 6. The van der Waals surface area contributed by atoms with Crippen LogP contribution >= 0.6 is 23.2 Å². The first-order valence-electron chi connectivity index (χ1n) is 11.4. The van der Waals surface area contributed by atoms with Crippen molar-refractivity contribution in [3.8, 4) is 11.5 Å². The predicted octanol–water partition coefficient (Wildman–Crippen LogP) is 5.08. The first kappa shape index (κ1) is 23.3. The number of carboxylic acid groups (broad SMARTS) is 1. The van der Waals surface area contributed by atoms with E-state index in [1.54, 1.807) is 18.3 Å².